The molecule has 0 spiro atoms. The molecule has 5 heteroatoms. The molecule has 0 saturated heterocycles. The van der Waals surface area contributed by atoms with Crippen LogP contribution in [0.5, 0.6) is 0 Å². The largest absolute Gasteiger partial charge is 0.331 e. The summed E-state index contributed by atoms with van der Waals surface area (Å²) in [5.41, 5.74) is 0. The van der Waals surface area contributed by atoms with Gasteiger partial charge in [-0.05, 0) is 12.8 Å². The summed E-state index contributed by atoms with van der Waals surface area (Å²) in [6.45, 7) is 3.63. The van der Waals surface area contributed by atoms with Crippen LogP contribution in [-0.4, -0.2) is 51.4 Å². The Bertz CT molecular complexity index is 381. The van der Waals surface area contributed by atoms with Crippen LogP contribution < -0.4 is 0 Å². The summed E-state index contributed by atoms with van der Waals surface area (Å²) in [7, 11) is 3.22. The average molecular weight is 409 g/mol. The SMILES string of the molecule is CCCCCCCCCCCCCCCCCC[N+](C)(C)C.CS(=O)(=O)O. The van der Waals surface area contributed by atoms with Crippen molar-refractivity contribution in [2.75, 3.05) is 33.9 Å². The van der Waals surface area contributed by atoms with Gasteiger partial charge in [-0.3, -0.25) is 4.55 Å². The fourth-order valence-corrected chi connectivity index (χ4v) is 3.13. The zero-order valence-electron chi connectivity index (χ0n) is 19.1. The van der Waals surface area contributed by atoms with Gasteiger partial charge in [0.2, 0.25) is 0 Å². The Labute approximate surface area is 171 Å². The number of nitrogens with zero attached hydrogens (tertiary/aromatic N) is 1. The quantitative estimate of drug-likeness (QED) is 0.171. The fourth-order valence-electron chi connectivity index (χ4n) is 3.13. The van der Waals surface area contributed by atoms with Crippen molar-refractivity contribution >= 4 is 10.1 Å². The van der Waals surface area contributed by atoms with Crippen molar-refractivity contribution in [1.82, 2.24) is 0 Å². The topological polar surface area (TPSA) is 54.4 Å². The highest BCUT2D eigenvalue weighted by Crippen LogP contribution is 2.13. The summed E-state index contributed by atoms with van der Waals surface area (Å²) in [6, 6.07) is 0. The Morgan fingerprint density at radius 2 is 0.815 bits per heavy atom. The molecule has 0 aliphatic carbocycles. The normalized spacial score (nSPS) is 11.9. The predicted molar refractivity (Wildman–Crippen MR) is 120 cm³/mol. The molecule has 27 heavy (non-hydrogen) atoms. The second kappa shape index (κ2) is 19.2. The maximum Gasteiger partial charge on any atom is 0.261 e. The molecule has 0 aromatic heterocycles. The van der Waals surface area contributed by atoms with Crippen molar-refractivity contribution in [3.63, 3.8) is 0 Å². The van der Waals surface area contributed by atoms with E-state index in [-0.39, 0.29) is 0 Å². The van der Waals surface area contributed by atoms with E-state index in [9.17, 15) is 8.42 Å². The Morgan fingerprint density at radius 1 is 0.593 bits per heavy atom. The Morgan fingerprint density at radius 3 is 1.04 bits per heavy atom. The molecule has 0 atom stereocenters. The molecule has 4 nitrogen and oxygen atoms in total. The monoisotopic (exact) mass is 408 g/mol. The van der Waals surface area contributed by atoms with E-state index in [0.29, 0.717) is 6.26 Å². The van der Waals surface area contributed by atoms with Crippen LogP contribution >= 0.6 is 0 Å². The van der Waals surface area contributed by atoms with E-state index >= 15 is 0 Å². The third kappa shape index (κ3) is 41.4. The van der Waals surface area contributed by atoms with Gasteiger partial charge in [0.25, 0.3) is 10.1 Å². The van der Waals surface area contributed by atoms with E-state index in [1.54, 1.807) is 0 Å². The molecule has 0 aromatic rings. The molecule has 166 valence electrons. The van der Waals surface area contributed by atoms with E-state index in [1.807, 2.05) is 0 Å². The number of hydrogen-bond acceptors (Lipinski definition) is 2. The zero-order chi connectivity index (χ0) is 21.0. The molecular weight excluding hydrogens is 358 g/mol. The first-order valence-electron chi connectivity index (χ1n) is 11.3. The minimum absolute atomic E-state index is 0.715. The van der Waals surface area contributed by atoms with E-state index < -0.39 is 10.1 Å². The number of rotatable bonds is 17. The van der Waals surface area contributed by atoms with Crippen molar-refractivity contribution in [1.29, 1.82) is 0 Å². The maximum atomic E-state index is 9.19. The van der Waals surface area contributed by atoms with Crippen molar-refractivity contribution < 1.29 is 17.5 Å². The molecule has 0 rings (SSSR count). The van der Waals surface area contributed by atoms with Gasteiger partial charge in [0.1, 0.15) is 0 Å². The summed E-state index contributed by atoms with van der Waals surface area (Å²) < 4.78 is 27.0. The third-order valence-corrected chi connectivity index (χ3v) is 4.68. The summed E-state index contributed by atoms with van der Waals surface area (Å²) in [6.07, 6.45) is 24.1. The van der Waals surface area contributed by atoms with E-state index in [2.05, 4.69) is 28.1 Å². The molecule has 0 aliphatic rings. The van der Waals surface area contributed by atoms with Crippen LogP contribution in [0.2, 0.25) is 0 Å². The van der Waals surface area contributed by atoms with Crippen LogP contribution in [0.1, 0.15) is 110 Å². The summed E-state index contributed by atoms with van der Waals surface area (Å²) in [4.78, 5) is 0. The van der Waals surface area contributed by atoms with Gasteiger partial charge in [0, 0.05) is 0 Å². The highest BCUT2D eigenvalue weighted by molar-refractivity contribution is 7.85. The van der Waals surface area contributed by atoms with Gasteiger partial charge in [0.05, 0.1) is 33.9 Å². The molecular formula is C22H50NO3S+. The lowest BCUT2D eigenvalue weighted by Crippen LogP contribution is -2.35. The first-order chi connectivity index (χ1) is 12.6. The van der Waals surface area contributed by atoms with Crippen LogP contribution in [0.15, 0.2) is 0 Å². The first kappa shape index (κ1) is 29.1. The lowest BCUT2D eigenvalue weighted by Gasteiger charge is -2.23. The Balaban J connectivity index is 0. The molecule has 0 heterocycles. The van der Waals surface area contributed by atoms with Crippen molar-refractivity contribution in [3.8, 4) is 0 Å². The van der Waals surface area contributed by atoms with Gasteiger partial charge in [0.15, 0.2) is 0 Å². The smallest absolute Gasteiger partial charge is 0.261 e. The fraction of sp³-hybridized carbons (Fsp3) is 1.00. The summed E-state index contributed by atoms with van der Waals surface area (Å²) in [5, 5.41) is 0. The lowest BCUT2D eigenvalue weighted by molar-refractivity contribution is -0.870. The molecule has 0 radical (unpaired) electrons. The molecule has 1 N–H and O–H groups in total. The number of unbranched alkanes of at least 4 members (excludes halogenated alkanes) is 15. The van der Waals surface area contributed by atoms with Crippen LogP contribution in [0, 0.1) is 0 Å². The number of quaternary nitrogens is 1. The minimum atomic E-state index is -3.67. The van der Waals surface area contributed by atoms with Gasteiger partial charge in [-0.25, -0.2) is 0 Å². The average Bonchev–Trinajstić information content (AvgIpc) is 2.52. The molecule has 0 aliphatic heterocycles. The molecule has 0 bridgehead atoms. The summed E-state index contributed by atoms with van der Waals surface area (Å²) in [5.74, 6) is 0. The van der Waals surface area contributed by atoms with E-state index in [4.69, 9.17) is 4.55 Å². The van der Waals surface area contributed by atoms with Gasteiger partial charge in [-0.15, -0.1) is 0 Å². The van der Waals surface area contributed by atoms with Gasteiger partial charge in [-0.1, -0.05) is 96.8 Å². The van der Waals surface area contributed by atoms with Crippen molar-refractivity contribution in [2.45, 2.75) is 110 Å². The van der Waals surface area contributed by atoms with Crippen molar-refractivity contribution in [3.05, 3.63) is 0 Å². The molecule has 0 aromatic carbocycles. The lowest BCUT2D eigenvalue weighted by atomic mass is 10.0. The van der Waals surface area contributed by atoms with Crippen molar-refractivity contribution in [2.24, 2.45) is 0 Å². The molecule has 0 unspecified atom stereocenters. The first-order valence-corrected chi connectivity index (χ1v) is 13.1. The Hall–Kier alpha value is -0.130. The van der Waals surface area contributed by atoms with E-state index in [0.717, 1.165) is 4.48 Å². The van der Waals surface area contributed by atoms with Gasteiger partial charge in [-0.2, -0.15) is 8.42 Å². The zero-order valence-corrected chi connectivity index (χ0v) is 20.0. The highest BCUT2D eigenvalue weighted by atomic mass is 32.2. The van der Waals surface area contributed by atoms with Gasteiger partial charge >= 0.3 is 0 Å². The predicted octanol–water partition coefficient (Wildman–Crippen LogP) is 6.46. The maximum absolute atomic E-state index is 9.19. The van der Waals surface area contributed by atoms with E-state index in [1.165, 1.54) is 109 Å². The van der Waals surface area contributed by atoms with Crippen LogP contribution in [0.3, 0.4) is 0 Å². The van der Waals surface area contributed by atoms with Gasteiger partial charge < -0.3 is 4.48 Å². The third-order valence-electron chi connectivity index (χ3n) is 4.68. The second-order valence-corrected chi connectivity index (χ2v) is 10.5. The minimum Gasteiger partial charge on any atom is -0.331 e. The second-order valence-electron chi connectivity index (χ2n) is 9.05. The van der Waals surface area contributed by atoms with Crippen LogP contribution in [-0.2, 0) is 10.1 Å². The summed E-state index contributed by atoms with van der Waals surface area (Å²) >= 11 is 0. The number of hydrogen-bond donors (Lipinski definition) is 1. The molecule has 0 fully saturated rings. The molecule has 0 saturated carbocycles. The highest BCUT2D eigenvalue weighted by Gasteiger charge is 2.04. The molecule has 0 amide bonds. The Kier molecular flexibility index (Phi) is 20.7. The van der Waals surface area contributed by atoms with Crippen LogP contribution in [0.4, 0.5) is 0 Å². The van der Waals surface area contributed by atoms with Crippen LogP contribution in [0.25, 0.3) is 0 Å². The standard InChI is InChI=1S/C21H46N.CH4O3S/c1-5-6-7-8-9-10-11-12-13-14-15-16-17-18-19-20-21-22(2,3)4;1-5(2,3)4/h5-21H2,1-4H3;1H3,(H,2,3,4)/q+1;.